The lowest BCUT2D eigenvalue weighted by molar-refractivity contribution is 0.306. The van der Waals surface area contributed by atoms with Crippen molar-refractivity contribution in [2.45, 2.75) is 19.4 Å². The maximum atomic E-state index is 9.61. The van der Waals surface area contributed by atoms with Gasteiger partial charge in [-0.1, -0.05) is 30.3 Å². The van der Waals surface area contributed by atoms with Crippen LogP contribution in [0.25, 0.3) is 0 Å². The van der Waals surface area contributed by atoms with E-state index in [2.05, 4.69) is 22.3 Å². The number of aromatic amines is 1. The van der Waals surface area contributed by atoms with Gasteiger partial charge in [0.05, 0.1) is 17.6 Å². The zero-order valence-corrected chi connectivity index (χ0v) is 15.6. The maximum absolute atomic E-state index is 9.61. The molecule has 3 N–H and O–H groups in total. The van der Waals surface area contributed by atoms with Crippen LogP contribution in [-0.2, 0) is 6.61 Å². The first-order chi connectivity index (χ1) is 14.1. The Bertz CT molecular complexity index is 1180. The van der Waals surface area contributed by atoms with Crippen LogP contribution in [0.2, 0.25) is 0 Å². The number of H-pyrrole nitrogens is 1. The van der Waals surface area contributed by atoms with Crippen molar-refractivity contribution in [3.8, 4) is 23.8 Å². The third kappa shape index (κ3) is 3.26. The van der Waals surface area contributed by atoms with E-state index in [1.807, 2.05) is 49.4 Å². The number of benzene rings is 2. The van der Waals surface area contributed by atoms with Crippen LogP contribution in [-0.4, -0.2) is 10.2 Å². The highest BCUT2D eigenvalue weighted by Crippen LogP contribution is 2.42. The number of nitrogens with two attached hydrogens (primary N) is 1. The number of rotatable bonds is 4. The fraction of sp³-hybridized carbons (Fsp3) is 0.136. The Morgan fingerprint density at radius 2 is 1.90 bits per heavy atom. The summed E-state index contributed by atoms with van der Waals surface area (Å²) in [6.45, 7) is 2.17. The fourth-order valence-electron chi connectivity index (χ4n) is 3.40. The lowest BCUT2D eigenvalue weighted by Crippen LogP contribution is -2.21. The number of fused-ring (bicyclic) bond motifs is 1. The first-order valence-corrected chi connectivity index (χ1v) is 8.95. The van der Waals surface area contributed by atoms with Crippen LogP contribution in [0.15, 0.2) is 60.0 Å². The molecule has 0 saturated carbocycles. The van der Waals surface area contributed by atoms with Crippen LogP contribution < -0.4 is 15.2 Å². The molecule has 2 aromatic carbocycles. The normalized spacial score (nSPS) is 15.1. The summed E-state index contributed by atoms with van der Waals surface area (Å²) >= 11 is 0. The Morgan fingerprint density at radius 3 is 2.62 bits per heavy atom. The minimum atomic E-state index is -0.365. The van der Waals surface area contributed by atoms with Crippen molar-refractivity contribution >= 4 is 0 Å². The van der Waals surface area contributed by atoms with Crippen molar-refractivity contribution in [2.24, 2.45) is 5.73 Å². The van der Waals surface area contributed by atoms with Crippen LogP contribution >= 0.6 is 0 Å². The number of aromatic nitrogens is 2. The number of nitriles is 2. The van der Waals surface area contributed by atoms with Gasteiger partial charge in [-0.05, 0) is 30.7 Å². The molecule has 0 radical (unpaired) electrons. The van der Waals surface area contributed by atoms with E-state index < -0.39 is 0 Å². The highest BCUT2D eigenvalue weighted by atomic mass is 16.5. The Kier molecular flexibility index (Phi) is 4.64. The molecule has 29 heavy (non-hydrogen) atoms. The highest BCUT2D eigenvalue weighted by Gasteiger charge is 2.34. The summed E-state index contributed by atoms with van der Waals surface area (Å²) < 4.78 is 11.3. The van der Waals surface area contributed by atoms with E-state index >= 15 is 0 Å². The zero-order valence-electron chi connectivity index (χ0n) is 15.6. The number of nitrogens with zero attached hydrogens (tertiary/aromatic N) is 3. The average Bonchev–Trinajstić information content (AvgIpc) is 3.12. The lowest BCUT2D eigenvalue weighted by atomic mass is 9.84. The van der Waals surface area contributed by atoms with E-state index in [0.717, 1.165) is 22.4 Å². The minimum absolute atomic E-state index is 0.0601. The molecule has 0 fully saturated rings. The summed E-state index contributed by atoms with van der Waals surface area (Å²) in [4.78, 5) is 0. The van der Waals surface area contributed by atoms with Crippen LogP contribution in [0.1, 0.15) is 33.9 Å². The topological polar surface area (TPSA) is 121 Å². The Morgan fingerprint density at radius 1 is 1.14 bits per heavy atom. The first kappa shape index (κ1) is 18.1. The number of allylic oxidation sites excluding steroid dienone is 1. The number of ether oxygens (including phenoxy) is 2. The standard InChI is InChI=1S/C22H17N5O2/c1-13-19-20(18(11-24)21(25)29-22(19)27-26-13)14-6-8-17(9-7-14)28-12-16-5-3-2-4-15(16)10-23/h2-9,20H,12,25H2,1H3,(H,26,27)/t20-/m1/s1. The molecule has 1 aliphatic rings. The van der Waals surface area contributed by atoms with Crippen molar-refractivity contribution in [1.29, 1.82) is 10.5 Å². The molecule has 1 atom stereocenters. The fourth-order valence-corrected chi connectivity index (χ4v) is 3.40. The molecule has 0 bridgehead atoms. The summed E-state index contributed by atoms with van der Waals surface area (Å²) in [7, 11) is 0. The smallest absolute Gasteiger partial charge is 0.244 e. The Hall–Kier alpha value is -4.23. The van der Waals surface area contributed by atoms with E-state index in [9.17, 15) is 10.5 Å². The molecule has 7 nitrogen and oxygen atoms in total. The van der Waals surface area contributed by atoms with Gasteiger partial charge < -0.3 is 15.2 Å². The molecule has 4 rings (SSSR count). The van der Waals surface area contributed by atoms with Crippen molar-refractivity contribution in [3.63, 3.8) is 0 Å². The molecule has 2 heterocycles. The molecule has 0 spiro atoms. The van der Waals surface area contributed by atoms with Crippen molar-refractivity contribution < 1.29 is 9.47 Å². The monoisotopic (exact) mass is 383 g/mol. The van der Waals surface area contributed by atoms with Crippen molar-refractivity contribution in [1.82, 2.24) is 10.2 Å². The van der Waals surface area contributed by atoms with Crippen LogP contribution in [0.3, 0.4) is 0 Å². The summed E-state index contributed by atoms with van der Waals surface area (Å²) in [5.41, 5.74) is 10.2. The van der Waals surface area contributed by atoms with Gasteiger partial charge in [-0.25, -0.2) is 0 Å². The molecule has 3 aromatic rings. The first-order valence-electron chi connectivity index (χ1n) is 8.95. The molecule has 0 aliphatic carbocycles. The van der Waals surface area contributed by atoms with E-state index in [-0.39, 0.29) is 11.8 Å². The molecule has 0 saturated heterocycles. The second-order valence-corrected chi connectivity index (χ2v) is 6.62. The van der Waals surface area contributed by atoms with Gasteiger partial charge in [-0.15, -0.1) is 5.10 Å². The van der Waals surface area contributed by atoms with Crippen molar-refractivity contribution in [3.05, 3.63) is 87.9 Å². The molecule has 1 aromatic heterocycles. The van der Waals surface area contributed by atoms with Gasteiger partial charge in [0.2, 0.25) is 11.8 Å². The summed E-state index contributed by atoms with van der Waals surface area (Å²) in [6.07, 6.45) is 0. The van der Waals surface area contributed by atoms with Crippen LogP contribution in [0.4, 0.5) is 0 Å². The SMILES string of the molecule is Cc1[nH]nc2c1[C@H](c1ccc(OCc3ccccc3C#N)cc1)C(C#N)=C(N)O2. The molecular formula is C22H17N5O2. The predicted molar refractivity (Wildman–Crippen MR) is 105 cm³/mol. The van der Waals surface area contributed by atoms with Gasteiger partial charge in [0.25, 0.3) is 0 Å². The van der Waals surface area contributed by atoms with Gasteiger partial charge in [-0.3, -0.25) is 5.10 Å². The third-order valence-corrected chi connectivity index (χ3v) is 4.88. The largest absolute Gasteiger partial charge is 0.489 e. The van der Waals surface area contributed by atoms with E-state index in [0.29, 0.717) is 29.4 Å². The number of hydrogen-bond donors (Lipinski definition) is 2. The number of aryl methyl sites for hydroxylation is 1. The van der Waals surface area contributed by atoms with Crippen LogP contribution in [0.5, 0.6) is 11.6 Å². The minimum Gasteiger partial charge on any atom is -0.489 e. The lowest BCUT2D eigenvalue weighted by Gasteiger charge is -2.23. The third-order valence-electron chi connectivity index (χ3n) is 4.88. The van der Waals surface area contributed by atoms with Gasteiger partial charge in [0.15, 0.2) is 0 Å². The second-order valence-electron chi connectivity index (χ2n) is 6.62. The predicted octanol–water partition coefficient (Wildman–Crippen LogP) is 3.39. The highest BCUT2D eigenvalue weighted by molar-refractivity contribution is 5.55. The second kappa shape index (κ2) is 7.41. The van der Waals surface area contributed by atoms with Gasteiger partial charge in [0.1, 0.15) is 24.0 Å². The Labute approximate surface area is 167 Å². The Balaban J connectivity index is 1.60. The van der Waals surface area contributed by atoms with Crippen molar-refractivity contribution in [2.75, 3.05) is 0 Å². The van der Waals surface area contributed by atoms with Crippen LogP contribution in [0, 0.1) is 29.6 Å². The quantitative estimate of drug-likeness (QED) is 0.712. The van der Waals surface area contributed by atoms with E-state index in [4.69, 9.17) is 15.2 Å². The summed E-state index contributed by atoms with van der Waals surface area (Å²) in [5.74, 6) is 0.742. The average molecular weight is 383 g/mol. The zero-order chi connectivity index (χ0) is 20.4. The number of hydrogen-bond acceptors (Lipinski definition) is 6. The molecule has 0 unspecified atom stereocenters. The molecular weight excluding hydrogens is 366 g/mol. The molecule has 0 amide bonds. The van der Waals surface area contributed by atoms with Gasteiger partial charge >= 0.3 is 0 Å². The van der Waals surface area contributed by atoms with E-state index in [1.165, 1.54) is 0 Å². The van der Waals surface area contributed by atoms with Gasteiger partial charge in [-0.2, -0.15) is 10.5 Å². The summed E-state index contributed by atoms with van der Waals surface area (Å²) in [6, 6.07) is 19.1. The summed E-state index contributed by atoms with van der Waals surface area (Å²) in [5, 5.41) is 25.8. The van der Waals surface area contributed by atoms with E-state index in [1.54, 1.807) is 6.07 Å². The molecule has 1 aliphatic heterocycles. The molecule has 142 valence electrons. The number of nitrogens with one attached hydrogen (secondary N) is 1. The molecule has 7 heteroatoms. The maximum Gasteiger partial charge on any atom is 0.244 e. The van der Waals surface area contributed by atoms with Gasteiger partial charge in [0, 0.05) is 16.8 Å².